The molecule has 146 valence electrons. The van der Waals surface area contributed by atoms with Crippen LogP contribution in [0.3, 0.4) is 0 Å². The third-order valence-electron chi connectivity index (χ3n) is 3.79. The minimum Gasteiger partial charge on any atom is -0.334 e. The van der Waals surface area contributed by atoms with Crippen molar-refractivity contribution >= 4 is 21.7 Å². The number of nitrogens with one attached hydrogen (secondary N) is 4. The standard InChI is InChI=1S/C18H18FN5O3S/c19-15-3-1-2-13(8-15)12-23-28(26,27)17-6-4-16(5-7-17)24-18(25)20-9-14-10-21-22-11-14/h1-8,10-11,23H,9,12H2,(H,21,22)(H2,20,24,25). The zero-order chi connectivity index (χ0) is 20.0. The molecule has 0 aliphatic rings. The van der Waals surface area contributed by atoms with Crippen LogP contribution in [0.15, 0.2) is 65.8 Å². The summed E-state index contributed by atoms with van der Waals surface area (Å²) in [5.74, 6) is -0.432. The number of carbonyl (C=O) groups is 1. The van der Waals surface area contributed by atoms with Gasteiger partial charge in [0, 0.05) is 30.5 Å². The topological polar surface area (TPSA) is 116 Å². The summed E-state index contributed by atoms with van der Waals surface area (Å²) in [6.07, 6.45) is 3.26. The van der Waals surface area contributed by atoms with Crippen molar-refractivity contribution < 1.29 is 17.6 Å². The lowest BCUT2D eigenvalue weighted by Crippen LogP contribution is -2.28. The molecule has 0 aliphatic carbocycles. The molecule has 2 aromatic carbocycles. The highest BCUT2D eigenvalue weighted by Gasteiger charge is 2.14. The first kappa shape index (κ1) is 19.5. The second kappa shape index (κ2) is 8.63. The number of amides is 2. The minimum absolute atomic E-state index is 0.0312. The molecule has 0 bridgehead atoms. The van der Waals surface area contributed by atoms with Crippen LogP contribution in [-0.2, 0) is 23.1 Å². The molecular formula is C18H18FN5O3S. The van der Waals surface area contributed by atoms with Gasteiger partial charge in [-0.2, -0.15) is 5.10 Å². The van der Waals surface area contributed by atoms with Gasteiger partial charge in [0.2, 0.25) is 10.0 Å². The van der Waals surface area contributed by atoms with Crippen molar-refractivity contribution in [2.75, 3.05) is 5.32 Å². The van der Waals surface area contributed by atoms with Gasteiger partial charge in [0.25, 0.3) is 0 Å². The number of nitrogens with zero attached hydrogens (tertiary/aromatic N) is 1. The lowest BCUT2D eigenvalue weighted by molar-refractivity contribution is 0.251. The van der Waals surface area contributed by atoms with Gasteiger partial charge >= 0.3 is 6.03 Å². The average Bonchev–Trinajstić information content (AvgIpc) is 3.19. The van der Waals surface area contributed by atoms with Crippen molar-refractivity contribution in [2.45, 2.75) is 18.0 Å². The van der Waals surface area contributed by atoms with Crippen LogP contribution in [0.5, 0.6) is 0 Å². The lowest BCUT2D eigenvalue weighted by atomic mass is 10.2. The lowest BCUT2D eigenvalue weighted by Gasteiger charge is -2.09. The maximum atomic E-state index is 13.2. The number of urea groups is 1. The smallest absolute Gasteiger partial charge is 0.319 e. The number of hydrogen-bond acceptors (Lipinski definition) is 4. The van der Waals surface area contributed by atoms with Crippen LogP contribution in [0.1, 0.15) is 11.1 Å². The Balaban J connectivity index is 1.55. The Hall–Kier alpha value is -3.24. The first-order valence-electron chi connectivity index (χ1n) is 8.29. The zero-order valence-electron chi connectivity index (χ0n) is 14.6. The molecule has 28 heavy (non-hydrogen) atoms. The van der Waals surface area contributed by atoms with Crippen LogP contribution in [0, 0.1) is 5.82 Å². The fraction of sp³-hybridized carbons (Fsp3) is 0.111. The maximum absolute atomic E-state index is 13.2. The van der Waals surface area contributed by atoms with Crippen LogP contribution in [-0.4, -0.2) is 24.6 Å². The number of carbonyl (C=O) groups excluding carboxylic acids is 1. The van der Waals surface area contributed by atoms with Crippen molar-refractivity contribution in [3.8, 4) is 0 Å². The second-order valence-electron chi connectivity index (χ2n) is 5.89. The summed E-state index contributed by atoms with van der Waals surface area (Å²) in [6, 6.07) is 11.0. The Kier molecular flexibility index (Phi) is 6.02. The average molecular weight is 403 g/mol. The highest BCUT2D eigenvalue weighted by molar-refractivity contribution is 7.89. The fourth-order valence-electron chi connectivity index (χ4n) is 2.36. The summed E-state index contributed by atoms with van der Waals surface area (Å²) in [6.45, 7) is 0.273. The van der Waals surface area contributed by atoms with E-state index in [0.717, 1.165) is 5.56 Å². The van der Waals surface area contributed by atoms with E-state index in [1.165, 1.54) is 42.5 Å². The van der Waals surface area contributed by atoms with Gasteiger partial charge in [0.15, 0.2) is 0 Å². The van der Waals surface area contributed by atoms with Crippen molar-refractivity contribution in [1.29, 1.82) is 0 Å². The number of aromatic nitrogens is 2. The first-order chi connectivity index (χ1) is 13.4. The molecule has 0 saturated heterocycles. The van der Waals surface area contributed by atoms with Crippen LogP contribution >= 0.6 is 0 Å². The van der Waals surface area contributed by atoms with E-state index in [1.54, 1.807) is 18.5 Å². The van der Waals surface area contributed by atoms with E-state index in [2.05, 4.69) is 25.6 Å². The number of aromatic amines is 1. The van der Waals surface area contributed by atoms with E-state index in [9.17, 15) is 17.6 Å². The SMILES string of the molecule is O=C(NCc1cn[nH]c1)Nc1ccc(S(=O)(=O)NCc2cccc(F)c2)cc1. The van der Waals surface area contributed by atoms with E-state index in [4.69, 9.17) is 0 Å². The number of hydrogen-bond donors (Lipinski definition) is 4. The summed E-state index contributed by atoms with van der Waals surface area (Å²) in [5.41, 5.74) is 1.77. The van der Waals surface area contributed by atoms with Crippen molar-refractivity contribution in [2.24, 2.45) is 0 Å². The molecule has 3 aromatic rings. The number of H-pyrrole nitrogens is 1. The fourth-order valence-corrected chi connectivity index (χ4v) is 3.38. The van der Waals surface area contributed by atoms with Gasteiger partial charge in [-0.15, -0.1) is 0 Å². The monoisotopic (exact) mass is 403 g/mol. The normalized spacial score (nSPS) is 11.2. The maximum Gasteiger partial charge on any atom is 0.319 e. The Labute approximate surface area is 161 Å². The minimum atomic E-state index is -3.77. The van der Waals surface area contributed by atoms with Gasteiger partial charge < -0.3 is 10.6 Å². The van der Waals surface area contributed by atoms with Crippen LogP contribution in [0.25, 0.3) is 0 Å². The second-order valence-corrected chi connectivity index (χ2v) is 7.66. The van der Waals surface area contributed by atoms with E-state index < -0.39 is 21.9 Å². The Morgan fingerprint density at radius 2 is 1.86 bits per heavy atom. The first-order valence-corrected chi connectivity index (χ1v) is 9.77. The van der Waals surface area contributed by atoms with Crippen LogP contribution in [0.4, 0.5) is 14.9 Å². The summed E-state index contributed by atoms with van der Waals surface area (Å²) in [7, 11) is -3.77. The highest BCUT2D eigenvalue weighted by Crippen LogP contribution is 2.15. The summed E-state index contributed by atoms with van der Waals surface area (Å²) in [4.78, 5) is 11.9. The van der Waals surface area contributed by atoms with Gasteiger partial charge in [0.1, 0.15) is 5.82 Å². The third-order valence-corrected chi connectivity index (χ3v) is 5.20. The molecular weight excluding hydrogens is 385 g/mol. The molecule has 0 saturated carbocycles. The molecule has 0 aliphatic heterocycles. The van der Waals surface area contributed by atoms with Gasteiger partial charge in [-0.25, -0.2) is 22.3 Å². The Morgan fingerprint density at radius 1 is 1.07 bits per heavy atom. The van der Waals surface area contributed by atoms with Crippen LogP contribution in [0.2, 0.25) is 0 Å². The number of halogens is 1. The van der Waals surface area contributed by atoms with Gasteiger partial charge in [-0.1, -0.05) is 12.1 Å². The van der Waals surface area contributed by atoms with E-state index in [0.29, 0.717) is 17.8 Å². The van der Waals surface area contributed by atoms with E-state index >= 15 is 0 Å². The molecule has 0 atom stereocenters. The molecule has 10 heteroatoms. The number of benzene rings is 2. The van der Waals surface area contributed by atoms with Gasteiger partial charge in [0.05, 0.1) is 11.1 Å². The van der Waals surface area contributed by atoms with Crippen LogP contribution < -0.4 is 15.4 Å². The van der Waals surface area contributed by atoms with Crippen molar-refractivity contribution in [1.82, 2.24) is 20.2 Å². The van der Waals surface area contributed by atoms with Gasteiger partial charge in [-0.3, -0.25) is 5.10 Å². The molecule has 8 nitrogen and oxygen atoms in total. The Morgan fingerprint density at radius 3 is 2.54 bits per heavy atom. The molecule has 0 unspecified atom stereocenters. The third kappa shape index (κ3) is 5.38. The number of sulfonamides is 1. The molecule has 0 radical (unpaired) electrons. The molecule has 1 heterocycles. The van der Waals surface area contributed by atoms with Crippen molar-refractivity contribution in [3.63, 3.8) is 0 Å². The van der Waals surface area contributed by atoms with E-state index in [-0.39, 0.29) is 11.4 Å². The summed E-state index contributed by atoms with van der Waals surface area (Å²) in [5, 5.41) is 11.7. The van der Waals surface area contributed by atoms with Crippen molar-refractivity contribution in [3.05, 3.63) is 77.9 Å². The van der Waals surface area contributed by atoms with E-state index in [1.807, 2.05) is 0 Å². The summed E-state index contributed by atoms with van der Waals surface area (Å²) < 4.78 is 40.3. The quantitative estimate of drug-likeness (QED) is 0.485. The molecule has 2 amide bonds. The largest absolute Gasteiger partial charge is 0.334 e. The number of anilines is 1. The molecule has 0 spiro atoms. The molecule has 4 N–H and O–H groups in total. The summed E-state index contributed by atoms with van der Waals surface area (Å²) >= 11 is 0. The predicted octanol–water partition coefficient (Wildman–Crippen LogP) is 2.35. The highest BCUT2D eigenvalue weighted by atomic mass is 32.2. The van der Waals surface area contributed by atoms with Gasteiger partial charge in [-0.05, 0) is 42.0 Å². The predicted molar refractivity (Wildman–Crippen MR) is 101 cm³/mol. The number of rotatable bonds is 7. The molecule has 0 fully saturated rings. The zero-order valence-corrected chi connectivity index (χ0v) is 15.5. The molecule has 3 rings (SSSR count). The Bertz CT molecular complexity index is 1040. The molecule has 1 aromatic heterocycles.